The van der Waals surface area contributed by atoms with Crippen LogP contribution in [0.3, 0.4) is 0 Å². The number of hydrogen-bond acceptors (Lipinski definition) is 3. The smallest absolute Gasteiger partial charge is 0.244 e. The zero-order valence-electron chi connectivity index (χ0n) is 14.1. The van der Waals surface area contributed by atoms with Crippen LogP contribution in [0.1, 0.15) is 17.0 Å². The van der Waals surface area contributed by atoms with E-state index < -0.39 is 0 Å². The van der Waals surface area contributed by atoms with Crippen LogP contribution in [-0.4, -0.2) is 46.8 Å². The molecule has 0 bridgehead atoms. The first-order valence-corrected chi connectivity index (χ1v) is 8.13. The quantitative estimate of drug-likeness (QED) is 0.872. The number of nitrogens with zero attached hydrogens (tertiary/aromatic N) is 4. The number of anilines is 1. The Morgan fingerprint density at radius 2 is 1.83 bits per heavy atom. The summed E-state index contributed by atoms with van der Waals surface area (Å²) in [5.41, 5.74) is 4.51. The van der Waals surface area contributed by atoms with Crippen LogP contribution in [-0.2, 0) is 11.3 Å². The van der Waals surface area contributed by atoms with Crippen molar-refractivity contribution in [2.75, 3.05) is 31.1 Å². The van der Waals surface area contributed by atoms with Gasteiger partial charge in [-0.3, -0.25) is 9.48 Å². The van der Waals surface area contributed by atoms with Gasteiger partial charge < -0.3 is 9.80 Å². The summed E-state index contributed by atoms with van der Waals surface area (Å²) in [5.74, 6) is 0.153. The Labute approximate surface area is 137 Å². The Bertz CT molecular complexity index is 699. The maximum absolute atomic E-state index is 12.5. The van der Waals surface area contributed by atoms with Crippen LogP contribution in [0.15, 0.2) is 30.3 Å². The lowest BCUT2D eigenvalue weighted by molar-refractivity contribution is -0.132. The van der Waals surface area contributed by atoms with Gasteiger partial charge in [0.15, 0.2) is 0 Å². The molecule has 1 aromatic heterocycles. The minimum Gasteiger partial charge on any atom is -0.368 e. The molecule has 0 aliphatic carbocycles. The fraction of sp³-hybridized carbons (Fsp3) is 0.444. The minimum absolute atomic E-state index is 0.153. The fourth-order valence-electron chi connectivity index (χ4n) is 3.10. The van der Waals surface area contributed by atoms with Crippen molar-refractivity contribution < 1.29 is 4.79 Å². The number of piperazine rings is 1. The second-order valence-corrected chi connectivity index (χ2v) is 6.29. The van der Waals surface area contributed by atoms with Gasteiger partial charge in [0.25, 0.3) is 0 Å². The number of benzene rings is 1. The molecule has 122 valence electrons. The maximum atomic E-state index is 12.5. The van der Waals surface area contributed by atoms with Crippen molar-refractivity contribution in [3.63, 3.8) is 0 Å². The number of carbonyl (C=O) groups is 1. The molecule has 5 heteroatoms. The highest BCUT2D eigenvalue weighted by atomic mass is 16.2. The highest BCUT2D eigenvalue weighted by Gasteiger charge is 2.22. The molecule has 1 fully saturated rings. The molecule has 0 radical (unpaired) electrons. The molecule has 3 rings (SSSR count). The highest BCUT2D eigenvalue weighted by Crippen LogP contribution is 2.18. The molecule has 2 aromatic rings. The summed E-state index contributed by atoms with van der Waals surface area (Å²) in [6.45, 7) is 9.69. The van der Waals surface area contributed by atoms with Crippen molar-refractivity contribution in [2.45, 2.75) is 27.3 Å². The van der Waals surface area contributed by atoms with Gasteiger partial charge in [-0.2, -0.15) is 5.10 Å². The average molecular weight is 312 g/mol. The number of aryl methyl sites for hydroxylation is 3. The van der Waals surface area contributed by atoms with Crippen molar-refractivity contribution in [1.29, 1.82) is 0 Å². The second-order valence-electron chi connectivity index (χ2n) is 6.29. The molecule has 0 spiro atoms. The molecule has 1 aliphatic rings. The van der Waals surface area contributed by atoms with E-state index in [0.717, 1.165) is 37.6 Å². The van der Waals surface area contributed by atoms with Crippen LogP contribution < -0.4 is 4.90 Å². The standard InChI is InChI=1S/C18H24N4O/c1-14-5-4-6-17(11-14)20-7-9-21(10-8-20)18(23)13-22-16(3)12-15(2)19-22/h4-6,11-12H,7-10,13H2,1-3H3. The predicted octanol–water partition coefficient (Wildman–Crippen LogP) is 2.16. The first-order chi connectivity index (χ1) is 11.0. The van der Waals surface area contributed by atoms with E-state index in [2.05, 4.69) is 41.2 Å². The Morgan fingerprint density at radius 1 is 1.09 bits per heavy atom. The normalized spacial score (nSPS) is 15.1. The number of aromatic nitrogens is 2. The lowest BCUT2D eigenvalue weighted by Crippen LogP contribution is -2.49. The number of carbonyl (C=O) groups excluding carboxylic acids is 1. The van der Waals surface area contributed by atoms with Gasteiger partial charge in [0.2, 0.25) is 5.91 Å². The van der Waals surface area contributed by atoms with E-state index in [-0.39, 0.29) is 5.91 Å². The molecule has 23 heavy (non-hydrogen) atoms. The van der Waals surface area contributed by atoms with Gasteiger partial charge in [0.1, 0.15) is 6.54 Å². The van der Waals surface area contributed by atoms with Crippen LogP contribution in [0.2, 0.25) is 0 Å². The summed E-state index contributed by atoms with van der Waals surface area (Å²) >= 11 is 0. The topological polar surface area (TPSA) is 41.4 Å². The Balaban J connectivity index is 1.58. The number of rotatable bonds is 3. The van der Waals surface area contributed by atoms with Crippen LogP contribution in [0.4, 0.5) is 5.69 Å². The predicted molar refractivity (Wildman–Crippen MR) is 91.7 cm³/mol. The van der Waals surface area contributed by atoms with E-state index >= 15 is 0 Å². The SMILES string of the molecule is Cc1cccc(N2CCN(C(=O)Cn3nc(C)cc3C)CC2)c1. The first kappa shape index (κ1) is 15.6. The van der Waals surface area contributed by atoms with Gasteiger partial charge in [0, 0.05) is 37.6 Å². The minimum atomic E-state index is 0.153. The third kappa shape index (κ3) is 3.55. The monoisotopic (exact) mass is 312 g/mol. The summed E-state index contributed by atoms with van der Waals surface area (Å²) in [4.78, 5) is 16.8. The van der Waals surface area contributed by atoms with E-state index in [9.17, 15) is 4.79 Å². The van der Waals surface area contributed by atoms with Crippen LogP contribution in [0.5, 0.6) is 0 Å². The van der Waals surface area contributed by atoms with Gasteiger partial charge in [0.05, 0.1) is 5.69 Å². The third-order valence-electron chi connectivity index (χ3n) is 4.39. The maximum Gasteiger partial charge on any atom is 0.244 e. The lowest BCUT2D eigenvalue weighted by Gasteiger charge is -2.36. The van der Waals surface area contributed by atoms with Gasteiger partial charge >= 0.3 is 0 Å². The van der Waals surface area contributed by atoms with Crippen molar-refractivity contribution in [3.8, 4) is 0 Å². The zero-order chi connectivity index (χ0) is 16.4. The van der Waals surface area contributed by atoms with E-state index in [1.807, 2.05) is 24.8 Å². The van der Waals surface area contributed by atoms with Gasteiger partial charge in [-0.25, -0.2) is 0 Å². The molecule has 0 atom stereocenters. The van der Waals surface area contributed by atoms with Crippen LogP contribution in [0.25, 0.3) is 0 Å². The van der Waals surface area contributed by atoms with Crippen LogP contribution in [0, 0.1) is 20.8 Å². The molecule has 1 aromatic carbocycles. The molecule has 1 amide bonds. The summed E-state index contributed by atoms with van der Waals surface area (Å²) in [6, 6.07) is 10.5. The molecule has 0 N–H and O–H groups in total. The second kappa shape index (κ2) is 6.44. The number of hydrogen-bond donors (Lipinski definition) is 0. The first-order valence-electron chi connectivity index (χ1n) is 8.13. The van der Waals surface area contributed by atoms with Crippen molar-refractivity contribution >= 4 is 11.6 Å². The lowest BCUT2D eigenvalue weighted by atomic mass is 10.2. The highest BCUT2D eigenvalue weighted by molar-refractivity contribution is 5.76. The van der Waals surface area contributed by atoms with Crippen molar-refractivity contribution in [3.05, 3.63) is 47.3 Å². The largest absolute Gasteiger partial charge is 0.368 e. The van der Waals surface area contributed by atoms with Crippen molar-refractivity contribution in [2.24, 2.45) is 0 Å². The Hall–Kier alpha value is -2.30. The molecule has 1 aliphatic heterocycles. The summed E-state index contributed by atoms with van der Waals surface area (Å²) < 4.78 is 1.80. The number of amides is 1. The molecule has 2 heterocycles. The molecular formula is C18H24N4O. The van der Waals surface area contributed by atoms with Crippen LogP contribution >= 0.6 is 0 Å². The Morgan fingerprint density at radius 3 is 2.43 bits per heavy atom. The third-order valence-corrected chi connectivity index (χ3v) is 4.39. The van der Waals surface area contributed by atoms with Gasteiger partial charge in [-0.05, 0) is 44.5 Å². The molecule has 5 nitrogen and oxygen atoms in total. The molecule has 0 saturated carbocycles. The molecular weight excluding hydrogens is 288 g/mol. The molecule has 1 saturated heterocycles. The van der Waals surface area contributed by atoms with Gasteiger partial charge in [-0.1, -0.05) is 12.1 Å². The van der Waals surface area contributed by atoms with E-state index in [4.69, 9.17) is 0 Å². The average Bonchev–Trinajstić information content (AvgIpc) is 2.85. The summed E-state index contributed by atoms with van der Waals surface area (Å²) in [5, 5.41) is 4.38. The van der Waals surface area contributed by atoms with E-state index in [1.54, 1.807) is 4.68 Å². The fourth-order valence-corrected chi connectivity index (χ4v) is 3.10. The van der Waals surface area contributed by atoms with E-state index in [1.165, 1.54) is 11.3 Å². The zero-order valence-corrected chi connectivity index (χ0v) is 14.1. The van der Waals surface area contributed by atoms with E-state index in [0.29, 0.717) is 6.54 Å². The van der Waals surface area contributed by atoms with Gasteiger partial charge in [-0.15, -0.1) is 0 Å². The summed E-state index contributed by atoms with van der Waals surface area (Å²) in [6.07, 6.45) is 0. The van der Waals surface area contributed by atoms with Crippen molar-refractivity contribution in [1.82, 2.24) is 14.7 Å². The summed E-state index contributed by atoms with van der Waals surface area (Å²) in [7, 11) is 0. The Kier molecular flexibility index (Phi) is 4.37. The molecule has 0 unspecified atom stereocenters.